The van der Waals surface area contributed by atoms with Gasteiger partial charge in [0.1, 0.15) is 40.3 Å². The lowest BCUT2D eigenvalue weighted by molar-refractivity contribution is 0.305. The molecule has 0 aliphatic rings. The molecule has 0 saturated heterocycles. The van der Waals surface area contributed by atoms with Gasteiger partial charge in [0, 0.05) is 10.9 Å². The van der Waals surface area contributed by atoms with Gasteiger partial charge in [0.2, 0.25) is 0 Å². The van der Waals surface area contributed by atoms with Gasteiger partial charge in [0.25, 0.3) is 0 Å². The summed E-state index contributed by atoms with van der Waals surface area (Å²) in [6, 6.07) is 25.5. The monoisotopic (exact) mass is 401 g/mol. The van der Waals surface area contributed by atoms with E-state index >= 15 is 0 Å². The largest absolute Gasteiger partial charge is 0.506 e. The van der Waals surface area contributed by atoms with E-state index in [2.05, 4.69) is 11.6 Å². The van der Waals surface area contributed by atoms with Gasteiger partial charge >= 0.3 is 0 Å². The number of aliphatic hydroxyl groups is 1. The van der Waals surface area contributed by atoms with Gasteiger partial charge in [-0.3, -0.25) is 0 Å². The third kappa shape index (κ3) is 4.65. The molecule has 1 heterocycles. The molecular formula is C24H19NO3S. The number of nitrogens with zero attached hydrogens (tertiary/aromatic N) is 1. The van der Waals surface area contributed by atoms with Crippen LogP contribution < -0.4 is 9.47 Å². The zero-order valence-electron chi connectivity index (χ0n) is 15.6. The quantitative estimate of drug-likeness (QED) is 0.350. The van der Waals surface area contributed by atoms with Gasteiger partial charge in [-0.1, -0.05) is 55.1 Å². The summed E-state index contributed by atoms with van der Waals surface area (Å²) >= 11 is 1.43. The van der Waals surface area contributed by atoms with E-state index in [1.807, 2.05) is 78.9 Å². The van der Waals surface area contributed by atoms with Gasteiger partial charge in [0.05, 0.1) is 0 Å². The molecule has 3 aromatic carbocycles. The molecule has 0 atom stereocenters. The van der Waals surface area contributed by atoms with E-state index in [9.17, 15) is 5.11 Å². The minimum Gasteiger partial charge on any atom is -0.506 e. The number of benzene rings is 3. The van der Waals surface area contributed by atoms with Crippen LogP contribution >= 0.6 is 11.3 Å². The lowest BCUT2D eigenvalue weighted by Gasteiger charge is -2.12. The molecule has 0 bridgehead atoms. The van der Waals surface area contributed by atoms with Crippen molar-refractivity contribution in [2.24, 2.45) is 0 Å². The first-order valence-electron chi connectivity index (χ1n) is 9.07. The molecule has 5 heteroatoms. The van der Waals surface area contributed by atoms with Crippen LogP contribution in [-0.2, 0) is 6.61 Å². The Morgan fingerprint density at radius 1 is 0.897 bits per heavy atom. The van der Waals surface area contributed by atoms with E-state index in [1.165, 1.54) is 11.3 Å². The standard InChI is InChI=1S/C24H19NO3S/c1-17(26)22-16-29-24(25-22)15-27-19-13-11-18(12-14-19)21-9-5-6-10-23(21)28-20-7-3-2-4-8-20/h2-14,16,26H,1,15H2. The van der Waals surface area contributed by atoms with Crippen LogP contribution in [-0.4, -0.2) is 10.1 Å². The van der Waals surface area contributed by atoms with Crippen molar-refractivity contribution in [3.8, 4) is 28.4 Å². The second-order valence-electron chi connectivity index (χ2n) is 6.30. The zero-order chi connectivity index (χ0) is 20.1. The third-order valence-electron chi connectivity index (χ3n) is 4.23. The van der Waals surface area contributed by atoms with E-state index < -0.39 is 0 Å². The van der Waals surface area contributed by atoms with Gasteiger partial charge in [-0.15, -0.1) is 11.3 Å². The van der Waals surface area contributed by atoms with Crippen LogP contribution in [0.4, 0.5) is 0 Å². The van der Waals surface area contributed by atoms with Crippen LogP contribution in [0.15, 0.2) is 90.8 Å². The van der Waals surface area contributed by atoms with Crippen LogP contribution in [0, 0.1) is 0 Å². The SMILES string of the molecule is C=C(O)c1csc(COc2ccc(-c3ccccc3Oc3ccccc3)cc2)n1. The summed E-state index contributed by atoms with van der Waals surface area (Å²) in [5.74, 6) is 2.31. The molecule has 0 aliphatic heterocycles. The number of hydrogen-bond donors (Lipinski definition) is 1. The number of aliphatic hydroxyl groups excluding tert-OH is 1. The highest BCUT2D eigenvalue weighted by Gasteiger charge is 2.08. The Morgan fingerprint density at radius 2 is 1.62 bits per heavy atom. The highest BCUT2D eigenvalue weighted by atomic mass is 32.1. The van der Waals surface area contributed by atoms with Gasteiger partial charge in [-0.25, -0.2) is 4.98 Å². The number of aromatic nitrogens is 1. The first-order valence-corrected chi connectivity index (χ1v) is 9.95. The lowest BCUT2D eigenvalue weighted by atomic mass is 10.0. The topological polar surface area (TPSA) is 51.6 Å². The Balaban J connectivity index is 1.47. The molecule has 0 saturated carbocycles. The second kappa shape index (κ2) is 8.63. The van der Waals surface area contributed by atoms with Crippen molar-refractivity contribution in [3.63, 3.8) is 0 Å². The normalized spacial score (nSPS) is 10.5. The molecule has 0 unspecified atom stereocenters. The summed E-state index contributed by atoms with van der Waals surface area (Å²) in [5.41, 5.74) is 2.53. The fourth-order valence-corrected chi connectivity index (χ4v) is 3.51. The average molecular weight is 401 g/mol. The maximum absolute atomic E-state index is 9.38. The zero-order valence-corrected chi connectivity index (χ0v) is 16.4. The first-order chi connectivity index (χ1) is 14.2. The van der Waals surface area contributed by atoms with Crippen LogP contribution in [0.25, 0.3) is 16.9 Å². The van der Waals surface area contributed by atoms with Crippen LogP contribution in [0.5, 0.6) is 17.2 Å². The minimum absolute atomic E-state index is 0.0340. The Morgan fingerprint density at radius 3 is 2.34 bits per heavy atom. The summed E-state index contributed by atoms with van der Waals surface area (Å²) in [6.07, 6.45) is 0. The third-order valence-corrected chi connectivity index (χ3v) is 5.06. The van der Waals surface area contributed by atoms with Crippen molar-refractivity contribution < 1.29 is 14.6 Å². The molecule has 0 aliphatic carbocycles. The summed E-state index contributed by atoms with van der Waals surface area (Å²) in [5, 5.41) is 11.9. The molecule has 4 nitrogen and oxygen atoms in total. The summed E-state index contributed by atoms with van der Waals surface area (Å²) in [4.78, 5) is 4.27. The molecule has 0 fully saturated rings. The van der Waals surface area contributed by atoms with Crippen LogP contribution in [0.1, 0.15) is 10.7 Å². The molecular weight excluding hydrogens is 382 g/mol. The predicted octanol–water partition coefficient (Wildman–Crippen LogP) is 6.71. The molecule has 1 N–H and O–H groups in total. The van der Waals surface area contributed by atoms with Gasteiger partial charge in [-0.2, -0.15) is 0 Å². The van der Waals surface area contributed by atoms with Crippen molar-refractivity contribution in [1.29, 1.82) is 0 Å². The second-order valence-corrected chi connectivity index (χ2v) is 7.24. The molecule has 0 spiro atoms. The number of rotatable bonds is 7. The predicted molar refractivity (Wildman–Crippen MR) is 117 cm³/mol. The fourth-order valence-electron chi connectivity index (χ4n) is 2.80. The van der Waals surface area contributed by atoms with E-state index in [4.69, 9.17) is 9.47 Å². The molecule has 0 amide bonds. The smallest absolute Gasteiger partial charge is 0.140 e. The first kappa shape index (κ1) is 18.8. The maximum Gasteiger partial charge on any atom is 0.140 e. The molecule has 4 rings (SSSR count). The number of thiazole rings is 1. The molecule has 1 aromatic heterocycles. The Hall–Kier alpha value is -3.57. The summed E-state index contributed by atoms with van der Waals surface area (Å²) in [6.45, 7) is 3.82. The van der Waals surface area contributed by atoms with Gasteiger partial charge in [-0.05, 0) is 35.9 Å². The fraction of sp³-hybridized carbons (Fsp3) is 0.0417. The highest BCUT2D eigenvalue weighted by molar-refractivity contribution is 7.09. The van der Waals surface area contributed by atoms with Crippen LogP contribution in [0.2, 0.25) is 0 Å². The number of para-hydroxylation sites is 2. The van der Waals surface area contributed by atoms with Crippen molar-refractivity contribution in [1.82, 2.24) is 4.98 Å². The van der Waals surface area contributed by atoms with Gasteiger partial charge < -0.3 is 14.6 Å². The average Bonchev–Trinajstić information content (AvgIpc) is 3.23. The number of hydrogen-bond acceptors (Lipinski definition) is 5. The van der Waals surface area contributed by atoms with E-state index in [0.717, 1.165) is 33.4 Å². The van der Waals surface area contributed by atoms with E-state index in [1.54, 1.807) is 5.38 Å². The number of ether oxygens (including phenoxy) is 2. The summed E-state index contributed by atoms with van der Waals surface area (Å²) < 4.78 is 11.9. The van der Waals surface area contributed by atoms with Gasteiger partial charge in [0.15, 0.2) is 0 Å². The van der Waals surface area contributed by atoms with Crippen molar-refractivity contribution in [3.05, 3.63) is 102 Å². The molecule has 144 valence electrons. The highest BCUT2D eigenvalue weighted by Crippen LogP contribution is 2.34. The Kier molecular flexibility index (Phi) is 5.59. The van der Waals surface area contributed by atoms with E-state index in [0.29, 0.717) is 12.3 Å². The van der Waals surface area contributed by atoms with Crippen molar-refractivity contribution >= 4 is 17.1 Å². The van der Waals surface area contributed by atoms with E-state index in [-0.39, 0.29) is 5.76 Å². The molecule has 4 aromatic rings. The van der Waals surface area contributed by atoms with Crippen LogP contribution in [0.3, 0.4) is 0 Å². The van der Waals surface area contributed by atoms with Crippen molar-refractivity contribution in [2.45, 2.75) is 6.61 Å². The Labute approximate surface area is 173 Å². The maximum atomic E-state index is 9.38. The molecule has 0 radical (unpaired) electrons. The summed E-state index contributed by atoms with van der Waals surface area (Å²) in [7, 11) is 0. The van der Waals surface area contributed by atoms with Crippen molar-refractivity contribution in [2.75, 3.05) is 0 Å². The lowest BCUT2D eigenvalue weighted by Crippen LogP contribution is -1.95. The molecule has 29 heavy (non-hydrogen) atoms. The Bertz CT molecular complexity index is 1100. The minimum atomic E-state index is -0.0340.